The third kappa shape index (κ3) is 3.89. The summed E-state index contributed by atoms with van der Waals surface area (Å²) in [4.78, 5) is 27.4. The Balaban J connectivity index is 2.05. The average Bonchev–Trinajstić information content (AvgIpc) is 2.46. The Morgan fingerprint density at radius 2 is 1.86 bits per heavy atom. The Bertz CT molecular complexity index is 382. The van der Waals surface area contributed by atoms with Crippen LogP contribution in [0.3, 0.4) is 0 Å². The smallest absolute Gasteiger partial charge is 0.320 e. The number of piperidine rings is 1. The van der Waals surface area contributed by atoms with Gasteiger partial charge >= 0.3 is 12.0 Å². The summed E-state index contributed by atoms with van der Waals surface area (Å²) in [6.45, 7) is 5.06. The lowest BCUT2D eigenvalue weighted by molar-refractivity contribution is -0.137. The lowest BCUT2D eigenvalue weighted by Gasteiger charge is -2.46. The fraction of sp³-hybridized carbons (Fsp3) is 0.875. The molecule has 0 aromatic rings. The van der Waals surface area contributed by atoms with Gasteiger partial charge in [-0.25, -0.2) is 4.79 Å². The largest absolute Gasteiger partial charge is 0.481 e. The summed E-state index contributed by atoms with van der Waals surface area (Å²) >= 11 is 0. The molecule has 21 heavy (non-hydrogen) atoms. The number of carbonyl (C=O) groups excluding carboxylic acids is 1. The number of aliphatic carboxylic acids is 1. The lowest BCUT2D eigenvalue weighted by Crippen LogP contribution is -2.55. The molecule has 0 spiro atoms. The summed E-state index contributed by atoms with van der Waals surface area (Å²) in [7, 11) is 0. The number of carboxylic acid groups (broad SMARTS) is 1. The van der Waals surface area contributed by atoms with Crippen molar-refractivity contribution in [2.45, 2.75) is 70.9 Å². The Hall–Kier alpha value is -1.26. The predicted octanol–water partition coefficient (Wildman–Crippen LogP) is 2.95. The monoisotopic (exact) mass is 296 g/mol. The number of hydrogen-bond donors (Lipinski definition) is 1. The highest BCUT2D eigenvalue weighted by atomic mass is 16.4. The van der Waals surface area contributed by atoms with Gasteiger partial charge in [-0.15, -0.1) is 0 Å². The summed E-state index contributed by atoms with van der Waals surface area (Å²) in [6.07, 6.45) is 7.19. The van der Waals surface area contributed by atoms with Gasteiger partial charge in [-0.05, 0) is 45.4 Å². The number of amides is 2. The van der Waals surface area contributed by atoms with Crippen LogP contribution in [0.4, 0.5) is 4.79 Å². The van der Waals surface area contributed by atoms with Gasteiger partial charge in [-0.2, -0.15) is 0 Å². The van der Waals surface area contributed by atoms with Crippen LogP contribution >= 0.6 is 0 Å². The maximum absolute atomic E-state index is 12.9. The van der Waals surface area contributed by atoms with Crippen molar-refractivity contribution < 1.29 is 14.7 Å². The number of hydrogen-bond acceptors (Lipinski definition) is 2. The second-order valence-electron chi connectivity index (χ2n) is 6.66. The van der Waals surface area contributed by atoms with Crippen molar-refractivity contribution in [1.29, 1.82) is 0 Å². The van der Waals surface area contributed by atoms with Crippen molar-refractivity contribution in [2.24, 2.45) is 5.92 Å². The van der Waals surface area contributed by atoms with Crippen LogP contribution in [0.15, 0.2) is 0 Å². The van der Waals surface area contributed by atoms with Gasteiger partial charge in [-0.3, -0.25) is 4.79 Å². The first-order valence-corrected chi connectivity index (χ1v) is 8.29. The molecule has 0 unspecified atom stereocenters. The number of nitrogens with zero attached hydrogens (tertiary/aromatic N) is 2. The van der Waals surface area contributed by atoms with E-state index < -0.39 is 5.97 Å². The van der Waals surface area contributed by atoms with E-state index in [2.05, 4.69) is 0 Å². The van der Waals surface area contributed by atoms with Crippen LogP contribution in [0.25, 0.3) is 0 Å². The third-order valence-electron chi connectivity index (χ3n) is 4.92. The zero-order chi connectivity index (χ0) is 15.4. The van der Waals surface area contributed by atoms with E-state index in [4.69, 9.17) is 5.11 Å². The Morgan fingerprint density at radius 1 is 1.19 bits per heavy atom. The first-order chi connectivity index (χ1) is 10.0. The maximum Gasteiger partial charge on any atom is 0.320 e. The number of carbonyl (C=O) groups is 2. The molecule has 1 aliphatic carbocycles. The summed E-state index contributed by atoms with van der Waals surface area (Å²) in [5.74, 6) is -0.187. The molecule has 5 heteroatoms. The third-order valence-corrected chi connectivity index (χ3v) is 4.92. The van der Waals surface area contributed by atoms with E-state index in [0.717, 1.165) is 19.4 Å². The molecule has 0 aromatic heterocycles. The van der Waals surface area contributed by atoms with Crippen LogP contribution in [0.1, 0.15) is 58.8 Å². The van der Waals surface area contributed by atoms with Crippen LogP contribution < -0.4 is 0 Å². The van der Waals surface area contributed by atoms with Crippen LogP contribution in [-0.4, -0.2) is 52.1 Å². The van der Waals surface area contributed by atoms with Gasteiger partial charge in [0, 0.05) is 25.2 Å². The molecule has 120 valence electrons. The van der Waals surface area contributed by atoms with Crippen molar-refractivity contribution in [3.8, 4) is 0 Å². The van der Waals surface area contributed by atoms with Crippen molar-refractivity contribution in [2.75, 3.05) is 13.1 Å². The molecule has 1 heterocycles. The second kappa shape index (κ2) is 7.14. The molecule has 0 bridgehead atoms. The maximum atomic E-state index is 12.9. The number of fused-ring (bicyclic) bond motifs is 1. The van der Waals surface area contributed by atoms with E-state index >= 15 is 0 Å². The first kappa shape index (κ1) is 16.1. The van der Waals surface area contributed by atoms with E-state index in [0.29, 0.717) is 18.5 Å². The molecule has 0 radical (unpaired) electrons. The normalized spacial score (nSPS) is 25.6. The molecular weight excluding hydrogens is 268 g/mol. The molecule has 2 fully saturated rings. The van der Waals surface area contributed by atoms with E-state index in [1.54, 1.807) is 4.90 Å². The molecular formula is C16H28N2O3. The SMILES string of the molecule is CC(C)N(CCC(=O)O)C(=O)N1CCC[C@H]2CCCC[C@H]21. The van der Waals surface area contributed by atoms with E-state index in [-0.39, 0.29) is 18.5 Å². The second-order valence-corrected chi connectivity index (χ2v) is 6.66. The number of rotatable bonds is 4. The van der Waals surface area contributed by atoms with Gasteiger partial charge in [-0.1, -0.05) is 12.8 Å². The Morgan fingerprint density at radius 3 is 2.52 bits per heavy atom. The molecule has 2 atom stereocenters. The Labute approximate surface area is 127 Å². The van der Waals surface area contributed by atoms with E-state index in [9.17, 15) is 9.59 Å². The summed E-state index contributed by atoms with van der Waals surface area (Å²) in [5.41, 5.74) is 0. The zero-order valence-corrected chi connectivity index (χ0v) is 13.3. The molecule has 2 amide bonds. The first-order valence-electron chi connectivity index (χ1n) is 8.29. The summed E-state index contributed by atoms with van der Waals surface area (Å²) in [5, 5.41) is 8.87. The number of carboxylic acids is 1. The fourth-order valence-electron chi connectivity index (χ4n) is 3.82. The van der Waals surface area contributed by atoms with Gasteiger partial charge in [0.2, 0.25) is 0 Å². The predicted molar refractivity (Wildman–Crippen MR) is 81.2 cm³/mol. The van der Waals surface area contributed by atoms with E-state index in [1.165, 1.54) is 25.7 Å². The molecule has 2 rings (SSSR count). The highest BCUT2D eigenvalue weighted by Crippen LogP contribution is 2.35. The van der Waals surface area contributed by atoms with Gasteiger partial charge in [0.25, 0.3) is 0 Å². The van der Waals surface area contributed by atoms with Gasteiger partial charge < -0.3 is 14.9 Å². The summed E-state index contributed by atoms with van der Waals surface area (Å²) in [6, 6.07) is 0.467. The van der Waals surface area contributed by atoms with Crippen molar-refractivity contribution in [3.63, 3.8) is 0 Å². The minimum absolute atomic E-state index is 0.0197. The lowest BCUT2D eigenvalue weighted by atomic mass is 9.78. The topological polar surface area (TPSA) is 60.9 Å². The van der Waals surface area contributed by atoms with Gasteiger partial charge in [0.15, 0.2) is 0 Å². The standard InChI is InChI=1S/C16H28N2O3/c1-12(2)17(11-9-15(19)20)16(21)18-10-5-7-13-6-3-4-8-14(13)18/h12-14H,3-11H2,1-2H3,(H,19,20)/t13-,14-/m1/s1. The molecule has 1 saturated heterocycles. The number of urea groups is 1. The molecule has 1 aliphatic heterocycles. The van der Waals surface area contributed by atoms with Crippen LogP contribution in [0, 0.1) is 5.92 Å². The van der Waals surface area contributed by atoms with Crippen molar-refractivity contribution in [3.05, 3.63) is 0 Å². The van der Waals surface area contributed by atoms with Crippen LogP contribution in [-0.2, 0) is 4.79 Å². The minimum Gasteiger partial charge on any atom is -0.481 e. The van der Waals surface area contributed by atoms with Crippen molar-refractivity contribution >= 4 is 12.0 Å². The van der Waals surface area contributed by atoms with Gasteiger partial charge in [0.1, 0.15) is 0 Å². The molecule has 1 N–H and O–H groups in total. The molecule has 5 nitrogen and oxygen atoms in total. The van der Waals surface area contributed by atoms with Crippen LogP contribution in [0.2, 0.25) is 0 Å². The van der Waals surface area contributed by atoms with Crippen LogP contribution in [0.5, 0.6) is 0 Å². The average molecular weight is 296 g/mol. The number of likely N-dealkylation sites (tertiary alicyclic amines) is 1. The molecule has 2 aliphatic rings. The molecule has 1 saturated carbocycles. The minimum atomic E-state index is -0.845. The van der Waals surface area contributed by atoms with Gasteiger partial charge in [0.05, 0.1) is 6.42 Å². The summed E-state index contributed by atoms with van der Waals surface area (Å²) < 4.78 is 0. The highest BCUT2D eigenvalue weighted by molar-refractivity contribution is 5.76. The Kier molecular flexibility index (Phi) is 5.48. The van der Waals surface area contributed by atoms with Crippen molar-refractivity contribution in [1.82, 2.24) is 9.80 Å². The fourth-order valence-corrected chi connectivity index (χ4v) is 3.82. The highest BCUT2D eigenvalue weighted by Gasteiger charge is 2.37. The quantitative estimate of drug-likeness (QED) is 0.867. The van der Waals surface area contributed by atoms with E-state index in [1.807, 2.05) is 18.7 Å². The zero-order valence-electron chi connectivity index (χ0n) is 13.3. The molecule has 0 aromatic carbocycles.